The van der Waals surface area contributed by atoms with Crippen LogP contribution in [0.5, 0.6) is 0 Å². The second kappa shape index (κ2) is 5.28. The van der Waals surface area contributed by atoms with Crippen molar-refractivity contribution in [2.45, 2.75) is 25.4 Å². The zero-order chi connectivity index (χ0) is 14.3. The fraction of sp³-hybridized carbons (Fsp3) is 0.263. The summed E-state index contributed by atoms with van der Waals surface area (Å²) in [6.45, 7) is 6.79. The van der Waals surface area contributed by atoms with E-state index in [-0.39, 0.29) is 0 Å². The molecule has 2 aromatic rings. The molecule has 0 aromatic heterocycles. The summed E-state index contributed by atoms with van der Waals surface area (Å²) in [6.07, 6.45) is 2.42. The Morgan fingerprint density at radius 1 is 1.05 bits per heavy atom. The van der Waals surface area contributed by atoms with E-state index >= 15 is 0 Å². The first-order valence-electron chi connectivity index (χ1n) is 7.49. The topological polar surface area (TPSA) is 0 Å². The predicted octanol–water partition coefficient (Wildman–Crippen LogP) is 4.92. The first kappa shape index (κ1) is 13.7. The maximum atomic E-state index is 2.42. The third kappa shape index (κ3) is 2.28. The minimum absolute atomic E-state index is 0.548. The van der Waals surface area contributed by atoms with Crippen molar-refractivity contribution in [3.63, 3.8) is 0 Å². The molecule has 3 rings (SSSR count). The molecule has 0 radical (unpaired) electrons. The van der Waals surface area contributed by atoms with Crippen LogP contribution in [0.25, 0.3) is 17.2 Å². The SMILES string of the molecule is [Li][CH]1C(C(C)C)=Cc2c(-c3ccccc3)cc(C)cc21. The summed E-state index contributed by atoms with van der Waals surface area (Å²) in [6, 6.07) is 15.4. The molecule has 0 spiro atoms. The molecule has 1 aliphatic rings. The normalized spacial score (nSPS) is 17.3. The van der Waals surface area contributed by atoms with Crippen LogP contribution < -0.4 is 0 Å². The molecule has 0 bridgehead atoms. The van der Waals surface area contributed by atoms with E-state index in [2.05, 4.69) is 87.0 Å². The number of benzene rings is 2. The molecule has 1 aliphatic carbocycles. The molecule has 0 N–H and O–H groups in total. The van der Waals surface area contributed by atoms with Crippen LogP contribution >= 0.6 is 0 Å². The summed E-state index contributed by atoms with van der Waals surface area (Å²) >= 11 is 2.34. The second-order valence-electron chi connectivity index (χ2n) is 6.20. The maximum absolute atomic E-state index is 2.42. The van der Waals surface area contributed by atoms with E-state index in [9.17, 15) is 0 Å². The van der Waals surface area contributed by atoms with Crippen molar-refractivity contribution in [3.05, 3.63) is 64.7 Å². The van der Waals surface area contributed by atoms with Crippen LogP contribution in [0.4, 0.5) is 0 Å². The number of rotatable bonds is 2. The van der Waals surface area contributed by atoms with Gasteiger partial charge in [0.15, 0.2) is 0 Å². The van der Waals surface area contributed by atoms with Gasteiger partial charge >= 0.3 is 131 Å². The van der Waals surface area contributed by atoms with E-state index < -0.39 is 0 Å². The molecule has 0 nitrogen and oxygen atoms in total. The molecule has 1 atom stereocenters. The summed E-state index contributed by atoms with van der Waals surface area (Å²) in [5, 5.41) is 0. The molecular formula is C19H19Li. The Morgan fingerprint density at radius 3 is 2.40 bits per heavy atom. The fourth-order valence-corrected chi connectivity index (χ4v) is 3.34. The van der Waals surface area contributed by atoms with E-state index in [0.29, 0.717) is 10.5 Å². The van der Waals surface area contributed by atoms with Crippen LogP contribution in [0.2, 0.25) is 0 Å². The summed E-state index contributed by atoms with van der Waals surface area (Å²) < 4.78 is 0.548. The van der Waals surface area contributed by atoms with Gasteiger partial charge in [-0.2, -0.15) is 0 Å². The average molecular weight is 254 g/mol. The first-order chi connectivity index (χ1) is 9.58. The van der Waals surface area contributed by atoms with E-state index in [1.165, 1.54) is 27.8 Å². The zero-order valence-corrected chi connectivity index (χ0v) is 12.8. The Hall–Kier alpha value is -1.22. The Kier molecular flexibility index (Phi) is 3.63. The van der Waals surface area contributed by atoms with Crippen molar-refractivity contribution in [3.8, 4) is 11.1 Å². The average Bonchev–Trinajstić information content (AvgIpc) is 2.77. The number of aryl methyl sites for hydroxylation is 1. The van der Waals surface area contributed by atoms with Crippen LogP contribution in [0, 0.1) is 12.8 Å². The van der Waals surface area contributed by atoms with Crippen LogP contribution in [0.3, 0.4) is 0 Å². The van der Waals surface area contributed by atoms with Gasteiger partial charge < -0.3 is 0 Å². The van der Waals surface area contributed by atoms with Crippen LogP contribution in [-0.4, -0.2) is 17.7 Å². The van der Waals surface area contributed by atoms with Gasteiger partial charge in [0.1, 0.15) is 0 Å². The van der Waals surface area contributed by atoms with Gasteiger partial charge in [-0.3, -0.25) is 0 Å². The van der Waals surface area contributed by atoms with Gasteiger partial charge in [0.25, 0.3) is 0 Å². The van der Waals surface area contributed by atoms with Gasteiger partial charge in [-0.25, -0.2) is 0 Å². The second-order valence-corrected chi connectivity index (χ2v) is 6.20. The monoisotopic (exact) mass is 254 g/mol. The van der Waals surface area contributed by atoms with E-state index in [1.807, 2.05) is 0 Å². The molecule has 0 saturated heterocycles. The van der Waals surface area contributed by atoms with Gasteiger partial charge in [0, 0.05) is 0 Å². The van der Waals surface area contributed by atoms with Crippen molar-refractivity contribution in [2.24, 2.45) is 5.92 Å². The van der Waals surface area contributed by atoms with Crippen LogP contribution in [0.1, 0.15) is 35.1 Å². The molecule has 0 saturated carbocycles. The Labute approximate surface area is 131 Å². The molecule has 0 heterocycles. The molecule has 1 heteroatoms. The minimum atomic E-state index is 0.548. The number of hydrogen-bond acceptors (Lipinski definition) is 0. The molecule has 0 amide bonds. The Bertz CT molecular complexity index is 666. The van der Waals surface area contributed by atoms with Crippen molar-refractivity contribution in [1.82, 2.24) is 0 Å². The van der Waals surface area contributed by atoms with E-state index in [0.717, 1.165) is 0 Å². The van der Waals surface area contributed by atoms with Crippen molar-refractivity contribution in [2.75, 3.05) is 0 Å². The Morgan fingerprint density at radius 2 is 1.75 bits per heavy atom. The fourth-order valence-electron chi connectivity index (χ4n) is 3.34. The molecule has 1 unspecified atom stereocenters. The molecule has 2 aromatic carbocycles. The molecule has 0 fully saturated rings. The number of hydrogen-bond donors (Lipinski definition) is 0. The predicted molar refractivity (Wildman–Crippen MR) is 87.9 cm³/mol. The summed E-state index contributed by atoms with van der Waals surface area (Å²) in [5.74, 6) is 0.612. The Balaban J connectivity index is 2.22. The van der Waals surface area contributed by atoms with E-state index in [1.54, 1.807) is 5.57 Å². The van der Waals surface area contributed by atoms with Gasteiger partial charge in [0.05, 0.1) is 0 Å². The third-order valence-corrected chi connectivity index (χ3v) is 4.39. The van der Waals surface area contributed by atoms with Gasteiger partial charge in [-0.1, -0.05) is 0 Å². The zero-order valence-electron chi connectivity index (χ0n) is 12.8. The molecule has 0 aliphatic heterocycles. The van der Waals surface area contributed by atoms with Crippen LogP contribution in [0.15, 0.2) is 48.0 Å². The first-order valence-corrected chi connectivity index (χ1v) is 7.49. The molecule has 20 heavy (non-hydrogen) atoms. The molecule has 96 valence electrons. The van der Waals surface area contributed by atoms with Gasteiger partial charge in [-0.15, -0.1) is 0 Å². The number of allylic oxidation sites excluding steroid dienone is 1. The summed E-state index contributed by atoms with van der Waals surface area (Å²) in [4.78, 5) is 0. The van der Waals surface area contributed by atoms with Crippen molar-refractivity contribution >= 4 is 23.8 Å². The van der Waals surface area contributed by atoms with Gasteiger partial charge in [-0.05, 0) is 0 Å². The van der Waals surface area contributed by atoms with Crippen molar-refractivity contribution < 1.29 is 0 Å². The van der Waals surface area contributed by atoms with Crippen LogP contribution in [-0.2, 0) is 0 Å². The van der Waals surface area contributed by atoms with Crippen molar-refractivity contribution in [1.29, 1.82) is 0 Å². The summed E-state index contributed by atoms with van der Waals surface area (Å²) in [7, 11) is 0. The van der Waals surface area contributed by atoms with E-state index in [4.69, 9.17) is 0 Å². The quantitative estimate of drug-likeness (QED) is 0.667. The van der Waals surface area contributed by atoms with Gasteiger partial charge in [0.2, 0.25) is 0 Å². The summed E-state index contributed by atoms with van der Waals surface area (Å²) in [5.41, 5.74) is 8.53. The standard InChI is InChI=1S/C19H19.Li/c1-13(2)16-11-17-9-14(3)10-18(19(17)12-16)15-7-5-4-6-8-15;/h4-13H,1-3H3;. The third-order valence-electron chi connectivity index (χ3n) is 4.39. The molecular weight excluding hydrogens is 235 g/mol. The number of fused-ring (bicyclic) bond motifs is 1.